The molecule has 47 heavy (non-hydrogen) atoms. The van der Waals surface area contributed by atoms with Crippen LogP contribution in [0.3, 0.4) is 0 Å². The molecule has 0 bridgehead atoms. The molecule has 2 N–H and O–H groups in total. The van der Waals surface area contributed by atoms with E-state index in [0.717, 1.165) is 56.0 Å². The number of halogens is 1. The van der Waals surface area contributed by atoms with Gasteiger partial charge in [-0.2, -0.15) is 4.98 Å². The summed E-state index contributed by atoms with van der Waals surface area (Å²) >= 11 is 0. The van der Waals surface area contributed by atoms with Gasteiger partial charge in [-0.1, -0.05) is 54.6 Å². The Morgan fingerprint density at radius 2 is 1.57 bits per heavy atom. The number of aliphatic hydroxyl groups is 1. The van der Waals surface area contributed by atoms with E-state index in [1.165, 1.54) is 18.7 Å². The summed E-state index contributed by atoms with van der Waals surface area (Å²) in [6.07, 6.45) is 0. The summed E-state index contributed by atoms with van der Waals surface area (Å²) < 4.78 is 31.3. The first-order valence-electron chi connectivity index (χ1n) is 15.7. The van der Waals surface area contributed by atoms with Crippen LogP contribution in [-0.4, -0.2) is 95.5 Å². The van der Waals surface area contributed by atoms with Gasteiger partial charge < -0.3 is 24.3 Å². The number of carbonyl (C=O) groups is 1. The molecule has 1 fully saturated rings. The number of benzene rings is 3. The van der Waals surface area contributed by atoms with E-state index in [-0.39, 0.29) is 18.3 Å². The molecule has 11 heteroatoms. The molecule has 0 aliphatic carbocycles. The smallest absolute Gasteiger partial charge is 0.338 e. The second-order valence-electron chi connectivity index (χ2n) is 11.5. The van der Waals surface area contributed by atoms with Gasteiger partial charge in [0.05, 0.1) is 38.0 Å². The van der Waals surface area contributed by atoms with Gasteiger partial charge in [0.15, 0.2) is 11.5 Å². The van der Waals surface area contributed by atoms with Crippen LogP contribution in [0.5, 0.6) is 11.8 Å². The first-order valence-corrected chi connectivity index (χ1v) is 15.7. The van der Waals surface area contributed by atoms with Crippen LogP contribution in [0.25, 0.3) is 33.5 Å². The van der Waals surface area contributed by atoms with Gasteiger partial charge in [0, 0.05) is 50.9 Å². The fourth-order valence-electron chi connectivity index (χ4n) is 5.67. The zero-order valence-corrected chi connectivity index (χ0v) is 26.5. The molecule has 1 saturated heterocycles. The lowest BCUT2D eigenvalue weighted by Crippen LogP contribution is -2.46. The number of H-pyrrole nitrogens is 1. The average Bonchev–Trinajstić information content (AvgIpc) is 3.48. The van der Waals surface area contributed by atoms with Crippen LogP contribution in [0.1, 0.15) is 21.5 Å². The standard InChI is InChI=1S/C36H38FN5O5/c1-24-3-12-29(21-30(24)35(44)45-2)47-36-38-32-22-31(37)33(39-34(32)40-36)28-10-8-27(9-11-28)26-6-4-25(5-7-26)23-42-15-13-41(14-16-42)17-19-46-20-18-43/h3-12,21-22,43H,13-20,23H2,1-2H3,(H,38,39,40). The number of fused-ring (bicyclic) bond motifs is 1. The van der Waals surface area contributed by atoms with Gasteiger partial charge in [-0.15, -0.1) is 0 Å². The molecule has 0 radical (unpaired) electrons. The number of aliphatic hydroxyl groups excluding tert-OH is 1. The number of pyridine rings is 1. The second kappa shape index (κ2) is 14.8. The van der Waals surface area contributed by atoms with Crippen LogP contribution in [0.15, 0.2) is 72.8 Å². The van der Waals surface area contributed by atoms with Gasteiger partial charge in [0.2, 0.25) is 0 Å². The van der Waals surface area contributed by atoms with Crippen molar-refractivity contribution in [2.75, 3.05) is 59.7 Å². The molecule has 3 heterocycles. The van der Waals surface area contributed by atoms with Crippen LogP contribution < -0.4 is 4.74 Å². The third kappa shape index (κ3) is 7.83. The van der Waals surface area contributed by atoms with Crippen LogP contribution in [0.2, 0.25) is 0 Å². The van der Waals surface area contributed by atoms with Crippen LogP contribution in [-0.2, 0) is 16.0 Å². The molecular formula is C36H38FN5O5. The Bertz CT molecular complexity index is 1820. The van der Waals surface area contributed by atoms with E-state index in [1.807, 2.05) is 24.3 Å². The fraction of sp³-hybridized carbons (Fsp3) is 0.306. The first kappa shape index (κ1) is 32.3. The Morgan fingerprint density at radius 3 is 2.28 bits per heavy atom. The molecular weight excluding hydrogens is 601 g/mol. The summed E-state index contributed by atoms with van der Waals surface area (Å²) in [5.74, 6) is -0.562. The van der Waals surface area contributed by atoms with Gasteiger partial charge in [0.1, 0.15) is 11.4 Å². The number of hydrogen-bond donors (Lipinski definition) is 2. The minimum Gasteiger partial charge on any atom is -0.465 e. The number of rotatable bonds is 12. The molecule has 1 aliphatic heterocycles. The molecule has 244 valence electrons. The minimum absolute atomic E-state index is 0.0659. The monoisotopic (exact) mass is 639 g/mol. The van der Waals surface area contributed by atoms with Gasteiger partial charge in [-0.25, -0.2) is 14.2 Å². The maximum Gasteiger partial charge on any atom is 0.338 e. The third-order valence-corrected chi connectivity index (χ3v) is 8.34. The van der Waals surface area contributed by atoms with E-state index in [4.69, 9.17) is 19.3 Å². The van der Waals surface area contributed by atoms with Crippen molar-refractivity contribution in [3.05, 3.63) is 95.3 Å². The highest BCUT2D eigenvalue weighted by atomic mass is 19.1. The lowest BCUT2D eigenvalue weighted by Gasteiger charge is -2.34. The molecule has 0 amide bonds. The van der Waals surface area contributed by atoms with Gasteiger partial charge in [-0.05, 0) is 41.3 Å². The predicted molar refractivity (Wildman–Crippen MR) is 177 cm³/mol. The predicted octanol–water partition coefficient (Wildman–Crippen LogP) is 5.44. The Balaban J connectivity index is 1.08. The van der Waals surface area contributed by atoms with E-state index < -0.39 is 11.8 Å². The van der Waals surface area contributed by atoms with Crippen molar-refractivity contribution in [1.29, 1.82) is 0 Å². The Kier molecular flexibility index (Phi) is 10.2. The molecule has 0 atom stereocenters. The summed E-state index contributed by atoms with van der Waals surface area (Å²) in [5, 5.41) is 8.84. The number of piperazine rings is 1. The summed E-state index contributed by atoms with van der Waals surface area (Å²) in [6.45, 7) is 8.77. The number of imidazole rings is 1. The van der Waals surface area contributed by atoms with Crippen molar-refractivity contribution < 1.29 is 28.5 Å². The van der Waals surface area contributed by atoms with Gasteiger partial charge in [-0.3, -0.25) is 9.80 Å². The van der Waals surface area contributed by atoms with E-state index in [1.54, 1.807) is 25.1 Å². The molecule has 10 nitrogen and oxygen atoms in total. The highest BCUT2D eigenvalue weighted by Gasteiger charge is 2.18. The first-order chi connectivity index (χ1) is 22.9. The van der Waals surface area contributed by atoms with Crippen molar-refractivity contribution in [1.82, 2.24) is 24.8 Å². The average molecular weight is 640 g/mol. The molecule has 3 aromatic carbocycles. The second-order valence-corrected chi connectivity index (χ2v) is 11.5. The van der Waals surface area contributed by atoms with Gasteiger partial charge >= 0.3 is 12.0 Å². The van der Waals surface area contributed by atoms with Crippen LogP contribution >= 0.6 is 0 Å². The normalized spacial score (nSPS) is 14.0. The maximum absolute atomic E-state index is 15.2. The lowest BCUT2D eigenvalue weighted by atomic mass is 10.0. The number of nitrogens with zero attached hydrogens (tertiary/aromatic N) is 4. The Hall–Kier alpha value is -4.68. The molecule has 1 aliphatic rings. The Labute approximate surface area is 272 Å². The number of hydrogen-bond acceptors (Lipinski definition) is 9. The lowest BCUT2D eigenvalue weighted by molar-refractivity contribution is 0.0564. The van der Waals surface area contributed by atoms with E-state index in [9.17, 15) is 4.79 Å². The maximum atomic E-state index is 15.2. The third-order valence-electron chi connectivity index (χ3n) is 8.34. The van der Waals surface area contributed by atoms with Crippen molar-refractivity contribution >= 4 is 17.1 Å². The number of methoxy groups -OCH3 is 1. The topological polar surface area (TPSA) is 113 Å². The number of esters is 1. The van der Waals surface area contributed by atoms with E-state index >= 15 is 4.39 Å². The van der Waals surface area contributed by atoms with Gasteiger partial charge in [0.25, 0.3) is 0 Å². The number of aromatic nitrogens is 3. The molecule has 0 spiro atoms. The van der Waals surface area contributed by atoms with Crippen molar-refractivity contribution in [3.8, 4) is 34.1 Å². The molecule has 0 unspecified atom stereocenters. The van der Waals surface area contributed by atoms with E-state index in [0.29, 0.717) is 41.3 Å². The number of aryl methyl sites for hydroxylation is 1. The number of aromatic amines is 1. The number of nitrogens with one attached hydrogen (secondary N) is 1. The van der Waals surface area contributed by atoms with Crippen LogP contribution in [0, 0.1) is 12.7 Å². The zero-order chi connectivity index (χ0) is 32.8. The van der Waals surface area contributed by atoms with Crippen LogP contribution in [0.4, 0.5) is 4.39 Å². The van der Waals surface area contributed by atoms with E-state index in [2.05, 4.69) is 49.0 Å². The number of ether oxygens (including phenoxy) is 3. The van der Waals surface area contributed by atoms with Crippen molar-refractivity contribution in [3.63, 3.8) is 0 Å². The largest absolute Gasteiger partial charge is 0.465 e. The SMILES string of the molecule is COC(=O)c1cc(Oc2nc3nc(-c4ccc(-c5ccc(CN6CCN(CCOCCO)CC6)cc5)cc4)c(F)cc3[nH]2)ccc1C. The van der Waals surface area contributed by atoms with Crippen molar-refractivity contribution in [2.24, 2.45) is 0 Å². The summed E-state index contributed by atoms with van der Waals surface area (Å²) in [7, 11) is 1.32. The fourth-order valence-corrected chi connectivity index (χ4v) is 5.67. The summed E-state index contributed by atoms with van der Waals surface area (Å²) in [5.41, 5.74) is 6.04. The molecule has 0 saturated carbocycles. The van der Waals surface area contributed by atoms with Crippen molar-refractivity contribution in [2.45, 2.75) is 13.5 Å². The molecule has 6 rings (SSSR count). The Morgan fingerprint density at radius 1 is 0.894 bits per heavy atom. The number of carbonyl (C=O) groups excluding carboxylic acids is 1. The zero-order valence-electron chi connectivity index (χ0n) is 26.5. The quantitative estimate of drug-likeness (QED) is 0.136. The highest BCUT2D eigenvalue weighted by molar-refractivity contribution is 5.91. The molecule has 2 aromatic heterocycles. The summed E-state index contributed by atoms with van der Waals surface area (Å²) in [4.78, 5) is 28.7. The minimum atomic E-state index is -0.482. The summed E-state index contributed by atoms with van der Waals surface area (Å²) in [6, 6.07) is 22.8. The molecule has 5 aromatic rings. The highest BCUT2D eigenvalue weighted by Crippen LogP contribution is 2.29.